The average Bonchev–Trinajstić information content (AvgIpc) is 2.92. The van der Waals surface area contributed by atoms with Crippen molar-refractivity contribution >= 4 is 16.7 Å². The molecule has 0 radical (unpaired) electrons. The normalized spacial score (nSPS) is 19.2. The molecule has 0 aliphatic carbocycles. The summed E-state index contributed by atoms with van der Waals surface area (Å²) < 4.78 is 0. The van der Waals surface area contributed by atoms with Crippen LogP contribution in [0, 0.1) is 5.92 Å². The van der Waals surface area contributed by atoms with Crippen LogP contribution in [0.3, 0.4) is 0 Å². The number of nitrogens with zero attached hydrogens (tertiary/aromatic N) is 2. The zero-order valence-corrected chi connectivity index (χ0v) is 10.4. The lowest BCUT2D eigenvalue weighted by Gasteiger charge is -2.11. The largest absolute Gasteiger partial charge is 0.369 e. The Morgan fingerprint density at radius 1 is 1.28 bits per heavy atom. The molecule has 1 atom stereocenters. The molecule has 1 unspecified atom stereocenters. The Morgan fingerprint density at radius 3 is 3.11 bits per heavy atom. The second-order valence-electron chi connectivity index (χ2n) is 4.81. The Kier molecular flexibility index (Phi) is 3.37. The fourth-order valence-electron chi connectivity index (χ4n) is 2.50. The van der Waals surface area contributed by atoms with Gasteiger partial charge in [0.15, 0.2) is 0 Å². The van der Waals surface area contributed by atoms with Gasteiger partial charge in [0.25, 0.3) is 0 Å². The molecule has 1 aromatic carbocycles. The third kappa shape index (κ3) is 2.43. The highest BCUT2D eigenvalue weighted by Crippen LogP contribution is 2.19. The molecule has 0 amide bonds. The van der Waals surface area contributed by atoms with E-state index < -0.39 is 0 Å². The number of para-hydroxylation sites is 1. The van der Waals surface area contributed by atoms with Gasteiger partial charge in [0.2, 0.25) is 0 Å². The van der Waals surface area contributed by atoms with Crippen LogP contribution >= 0.6 is 0 Å². The molecule has 2 aromatic rings. The van der Waals surface area contributed by atoms with Gasteiger partial charge >= 0.3 is 0 Å². The summed E-state index contributed by atoms with van der Waals surface area (Å²) in [6, 6.07) is 8.11. The summed E-state index contributed by atoms with van der Waals surface area (Å²) in [5, 5.41) is 7.93. The van der Waals surface area contributed by atoms with Gasteiger partial charge in [-0.25, -0.2) is 9.97 Å². The van der Waals surface area contributed by atoms with Crippen LogP contribution in [0.1, 0.15) is 12.8 Å². The van der Waals surface area contributed by atoms with Gasteiger partial charge in [-0.2, -0.15) is 0 Å². The number of fused-ring (bicyclic) bond motifs is 1. The molecule has 2 N–H and O–H groups in total. The highest BCUT2D eigenvalue weighted by molar-refractivity contribution is 5.88. The monoisotopic (exact) mass is 242 g/mol. The van der Waals surface area contributed by atoms with Crippen molar-refractivity contribution in [3.05, 3.63) is 30.6 Å². The standard InChI is InChI=1S/C14H18N4/c1-2-4-13-12(3-1)14(18-10-17-13)16-8-6-11-5-7-15-9-11/h1-4,10-11,15H,5-9H2,(H,16,17,18). The van der Waals surface area contributed by atoms with Crippen LogP contribution in [0.15, 0.2) is 30.6 Å². The molecule has 4 nitrogen and oxygen atoms in total. The fraction of sp³-hybridized carbons (Fsp3) is 0.429. The number of aromatic nitrogens is 2. The van der Waals surface area contributed by atoms with Crippen molar-refractivity contribution in [2.45, 2.75) is 12.8 Å². The third-order valence-corrected chi connectivity index (χ3v) is 3.55. The average molecular weight is 242 g/mol. The Hall–Kier alpha value is -1.68. The molecule has 94 valence electrons. The maximum Gasteiger partial charge on any atom is 0.137 e. The summed E-state index contributed by atoms with van der Waals surface area (Å²) in [4.78, 5) is 8.60. The number of rotatable bonds is 4. The molecule has 0 saturated carbocycles. The Morgan fingerprint density at radius 2 is 2.22 bits per heavy atom. The van der Waals surface area contributed by atoms with E-state index in [1.807, 2.05) is 18.2 Å². The van der Waals surface area contributed by atoms with Gasteiger partial charge in [0.1, 0.15) is 12.1 Å². The van der Waals surface area contributed by atoms with E-state index in [1.54, 1.807) is 6.33 Å². The third-order valence-electron chi connectivity index (χ3n) is 3.55. The molecule has 1 saturated heterocycles. The minimum Gasteiger partial charge on any atom is -0.369 e. The predicted octanol–water partition coefficient (Wildman–Crippen LogP) is 2.04. The topological polar surface area (TPSA) is 49.8 Å². The van der Waals surface area contributed by atoms with E-state index in [0.717, 1.165) is 35.7 Å². The summed E-state index contributed by atoms with van der Waals surface area (Å²) in [7, 11) is 0. The highest BCUT2D eigenvalue weighted by atomic mass is 15.0. The minimum atomic E-state index is 0.811. The number of benzene rings is 1. The predicted molar refractivity (Wildman–Crippen MR) is 73.6 cm³/mol. The van der Waals surface area contributed by atoms with Crippen molar-refractivity contribution in [3.8, 4) is 0 Å². The lowest BCUT2D eigenvalue weighted by atomic mass is 10.1. The SMILES string of the molecule is c1ccc2c(NCCC3CCNC3)ncnc2c1. The van der Waals surface area contributed by atoms with Crippen LogP contribution in [0.4, 0.5) is 5.82 Å². The van der Waals surface area contributed by atoms with E-state index in [1.165, 1.54) is 19.4 Å². The maximum atomic E-state index is 4.33. The van der Waals surface area contributed by atoms with E-state index in [4.69, 9.17) is 0 Å². The number of nitrogens with one attached hydrogen (secondary N) is 2. The molecule has 2 heterocycles. The van der Waals surface area contributed by atoms with Crippen molar-refractivity contribution < 1.29 is 0 Å². The molecular weight excluding hydrogens is 224 g/mol. The van der Waals surface area contributed by atoms with Crippen molar-refractivity contribution in [1.29, 1.82) is 0 Å². The van der Waals surface area contributed by atoms with Gasteiger partial charge < -0.3 is 10.6 Å². The van der Waals surface area contributed by atoms with E-state index in [0.29, 0.717) is 0 Å². The lowest BCUT2D eigenvalue weighted by molar-refractivity contribution is 0.549. The molecule has 1 aliphatic rings. The highest BCUT2D eigenvalue weighted by Gasteiger charge is 2.13. The summed E-state index contributed by atoms with van der Waals surface area (Å²) in [5.74, 6) is 1.76. The minimum absolute atomic E-state index is 0.811. The second-order valence-corrected chi connectivity index (χ2v) is 4.81. The van der Waals surface area contributed by atoms with Crippen molar-refractivity contribution in [2.24, 2.45) is 5.92 Å². The zero-order valence-electron chi connectivity index (χ0n) is 10.4. The van der Waals surface area contributed by atoms with Crippen LogP contribution in [-0.4, -0.2) is 29.6 Å². The van der Waals surface area contributed by atoms with Gasteiger partial charge in [-0.15, -0.1) is 0 Å². The molecular formula is C14H18N4. The molecule has 1 aliphatic heterocycles. The number of hydrogen-bond acceptors (Lipinski definition) is 4. The molecule has 1 fully saturated rings. The molecule has 18 heavy (non-hydrogen) atoms. The Balaban J connectivity index is 1.66. The molecule has 0 bridgehead atoms. The lowest BCUT2D eigenvalue weighted by Crippen LogP contribution is -2.13. The van der Waals surface area contributed by atoms with Crippen LogP contribution in [0.2, 0.25) is 0 Å². The van der Waals surface area contributed by atoms with Gasteiger partial charge in [-0.1, -0.05) is 12.1 Å². The van der Waals surface area contributed by atoms with Crippen LogP contribution in [0.5, 0.6) is 0 Å². The summed E-state index contributed by atoms with van der Waals surface area (Å²) in [5.41, 5.74) is 0.998. The van der Waals surface area contributed by atoms with E-state index in [2.05, 4.69) is 26.7 Å². The number of anilines is 1. The van der Waals surface area contributed by atoms with Crippen molar-refractivity contribution in [2.75, 3.05) is 25.0 Å². The van der Waals surface area contributed by atoms with Gasteiger partial charge in [0, 0.05) is 11.9 Å². The first-order chi connectivity index (χ1) is 8.93. The quantitative estimate of drug-likeness (QED) is 0.861. The Bertz CT molecular complexity index is 515. The van der Waals surface area contributed by atoms with E-state index in [9.17, 15) is 0 Å². The van der Waals surface area contributed by atoms with E-state index in [-0.39, 0.29) is 0 Å². The smallest absolute Gasteiger partial charge is 0.137 e. The number of hydrogen-bond donors (Lipinski definition) is 2. The molecule has 4 heteroatoms. The van der Waals surface area contributed by atoms with Crippen LogP contribution in [-0.2, 0) is 0 Å². The zero-order chi connectivity index (χ0) is 12.2. The van der Waals surface area contributed by atoms with Crippen molar-refractivity contribution in [1.82, 2.24) is 15.3 Å². The van der Waals surface area contributed by atoms with Crippen molar-refractivity contribution in [3.63, 3.8) is 0 Å². The van der Waals surface area contributed by atoms with Gasteiger partial charge in [-0.3, -0.25) is 0 Å². The summed E-state index contributed by atoms with van der Waals surface area (Å²) in [6.07, 6.45) is 4.12. The van der Waals surface area contributed by atoms with Crippen LogP contribution < -0.4 is 10.6 Å². The molecule has 3 rings (SSSR count). The first-order valence-electron chi connectivity index (χ1n) is 6.58. The first-order valence-corrected chi connectivity index (χ1v) is 6.58. The Labute approximate surface area is 107 Å². The van der Waals surface area contributed by atoms with Gasteiger partial charge in [-0.05, 0) is 44.0 Å². The first kappa shape index (κ1) is 11.4. The fourth-order valence-corrected chi connectivity index (χ4v) is 2.50. The molecule has 1 aromatic heterocycles. The second kappa shape index (κ2) is 5.31. The van der Waals surface area contributed by atoms with E-state index >= 15 is 0 Å². The summed E-state index contributed by atoms with van der Waals surface area (Å²) >= 11 is 0. The van der Waals surface area contributed by atoms with Crippen LogP contribution in [0.25, 0.3) is 10.9 Å². The van der Waals surface area contributed by atoms with Gasteiger partial charge in [0.05, 0.1) is 5.52 Å². The molecule has 0 spiro atoms. The summed E-state index contributed by atoms with van der Waals surface area (Å²) in [6.45, 7) is 3.31. The maximum absolute atomic E-state index is 4.33.